The standard InChI is InChI=1S/C24H25ClN2O5S2/c1-3-31-20-13-16(14-21-23(29)27(24(33)34-21)11-4-12-30-2)5-10-19(20)32-15-22(28)26-18-8-6-17(25)7-9-18/h5-10,13-14H,3-4,11-12,15H2,1-2H3,(H,26,28)/b21-14-. The number of amides is 2. The smallest absolute Gasteiger partial charge is 0.266 e. The summed E-state index contributed by atoms with van der Waals surface area (Å²) in [6, 6.07) is 12.1. The van der Waals surface area contributed by atoms with E-state index in [1.807, 2.05) is 6.92 Å². The van der Waals surface area contributed by atoms with Crippen LogP contribution in [0.3, 0.4) is 0 Å². The fourth-order valence-electron chi connectivity index (χ4n) is 3.09. The number of thiocarbonyl (C=S) groups is 1. The van der Waals surface area contributed by atoms with Gasteiger partial charge in [-0.05, 0) is 61.4 Å². The molecule has 0 spiro atoms. The third-order valence-electron chi connectivity index (χ3n) is 4.66. The molecule has 3 rings (SSSR count). The minimum atomic E-state index is -0.314. The number of halogens is 1. The summed E-state index contributed by atoms with van der Waals surface area (Å²) in [5.41, 5.74) is 1.39. The highest BCUT2D eigenvalue weighted by Gasteiger charge is 2.31. The van der Waals surface area contributed by atoms with Gasteiger partial charge in [-0.1, -0.05) is 41.6 Å². The van der Waals surface area contributed by atoms with E-state index in [-0.39, 0.29) is 18.4 Å². The Hall–Kier alpha value is -2.59. The van der Waals surface area contributed by atoms with Crippen LogP contribution >= 0.6 is 35.6 Å². The SMILES string of the molecule is CCOc1cc(/C=C2\SC(=S)N(CCCOC)C2=O)ccc1OCC(=O)Nc1ccc(Cl)cc1. The second kappa shape index (κ2) is 12.8. The van der Waals surface area contributed by atoms with Gasteiger partial charge in [0.25, 0.3) is 11.8 Å². The predicted molar refractivity (Wildman–Crippen MR) is 140 cm³/mol. The Kier molecular flexibility index (Phi) is 9.76. The average molecular weight is 521 g/mol. The van der Waals surface area contributed by atoms with E-state index in [9.17, 15) is 9.59 Å². The van der Waals surface area contributed by atoms with Crippen LogP contribution in [-0.2, 0) is 14.3 Å². The van der Waals surface area contributed by atoms with Crippen LogP contribution in [0.4, 0.5) is 5.69 Å². The van der Waals surface area contributed by atoms with Gasteiger partial charge in [-0.3, -0.25) is 14.5 Å². The number of benzene rings is 2. The lowest BCUT2D eigenvalue weighted by atomic mass is 10.2. The lowest BCUT2D eigenvalue weighted by Gasteiger charge is -2.14. The minimum absolute atomic E-state index is 0.122. The molecule has 0 bridgehead atoms. The van der Waals surface area contributed by atoms with Gasteiger partial charge in [0.15, 0.2) is 18.1 Å². The number of ether oxygens (including phenoxy) is 3. The molecule has 7 nitrogen and oxygen atoms in total. The molecule has 1 fully saturated rings. The van der Waals surface area contributed by atoms with Crippen LogP contribution in [0.2, 0.25) is 5.02 Å². The zero-order chi connectivity index (χ0) is 24.5. The zero-order valence-corrected chi connectivity index (χ0v) is 21.2. The van der Waals surface area contributed by atoms with Gasteiger partial charge in [0.2, 0.25) is 0 Å². The quantitative estimate of drug-likeness (QED) is 0.254. The molecule has 2 amide bonds. The second-order valence-electron chi connectivity index (χ2n) is 7.16. The summed E-state index contributed by atoms with van der Waals surface area (Å²) in [7, 11) is 1.62. The first kappa shape index (κ1) is 26.0. The van der Waals surface area contributed by atoms with Crippen LogP contribution in [0.15, 0.2) is 47.4 Å². The van der Waals surface area contributed by atoms with E-state index in [0.29, 0.717) is 57.6 Å². The molecule has 2 aromatic carbocycles. The van der Waals surface area contributed by atoms with Gasteiger partial charge in [-0.2, -0.15) is 0 Å². The number of rotatable bonds is 11. The summed E-state index contributed by atoms with van der Waals surface area (Å²) >= 11 is 12.5. The number of carbonyl (C=O) groups excluding carboxylic acids is 2. The number of carbonyl (C=O) groups is 2. The molecule has 1 aliphatic rings. The molecule has 1 aliphatic heterocycles. The van der Waals surface area contributed by atoms with E-state index in [2.05, 4.69) is 5.32 Å². The molecule has 1 saturated heterocycles. The van der Waals surface area contributed by atoms with Gasteiger partial charge >= 0.3 is 0 Å². The number of nitrogens with one attached hydrogen (secondary N) is 1. The summed E-state index contributed by atoms with van der Waals surface area (Å²) in [5.74, 6) is 0.470. The van der Waals surface area contributed by atoms with Gasteiger partial charge in [0, 0.05) is 31.0 Å². The van der Waals surface area contributed by atoms with Crippen LogP contribution in [0.5, 0.6) is 11.5 Å². The monoisotopic (exact) mass is 520 g/mol. The topological polar surface area (TPSA) is 77.1 Å². The first-order valence-corrected chi connectivity index (χ1v) is 12.2. The average Bonchev–Trinajstić information content (AvgIpc) is 3.08. The first-order valence-electron chi connectivity index (χ1n) is 10.6. The Morgan fingerprint density at radius 1 is 1.18 bits per heavy atom. The summed E-state index contributed by atoms with van der Waals surface area (Å²) in [4.78, 5) is 27.1. The van der Waals surface area contributed by atoms with E-state index in [4.69, 9.17) is 38.0 Å². The van der Waals surface area contributed by atoms with Crippen molar-refractivity contribution in [1.82, 2.24) is 4.90 Å². The van der Waals surface area contributed by atoms with Gasteiger partial charge in [-0.25, -0.2) is 0 Å². The van der Waals surface area contributed by atoms with Crippen molar-refractivity contribution in [1.29, 1.82) is 0 Å². The molecule has 1 heterocycles. The van der Waals surface area contributed by atoms with Crippen molar-refractivity contribution in [2.75, 3.05) is 38.8 Å². The van der Waals surface area contributed by atoms with Crippen LogP contribution in [0.25, 0.3) is 6.08 Å². The Morgan fingerprint density at radius 2 is 1.94 bits per heavy atom. The van der Waals surface area contributed by atoms with Crippen molar-refractivity contribution >= 4 is 63.5 Å². The maximum absolute atomic E-state index is 12.7. The Balaban J connectivity index is 1.66. The molecule has 0 aliphatic carbocycles. The van der Waals surface area contributed by atoms with Gasteiger partial charge in [-0.15, -0.1) is 0 Å². The maximum Gasteiger partial charge on any atom is 0.266 e. The van der Waals surface area contributed by atoms with Crippen LogP contribution in [0, 0.1) is 0 Å². The summed E-state index contributed by atoms with van der Waals surface area (Å²) in [5, 5.41) is 3.33. The van der Waals surface area contributed by atoms with Crippen LogP contribution in [-0.4, -0.2) is 54.5 Å². The zero-order valence-electron chi connectivity index (χ0n) is 18.8. The molecule has 0 radical (unpaired) electrons. The fraction of sp³-hybridized carbons (Fsp3) is 0.292. The molecule has 0 unspecified atom stereocenters. The largest absolute Gasteiger partial charge is 0.490 e. The third kappa shape index (κ3) is 7.20. The molecular weight excluding hydrogens is 496 g/mol. The second-order valence-corrected chi connectivity index (χ2v) is 9.27. The van der Waals surface area contributed by atoms with Gasteiger partial charge in [0.1, 0.15) is 4.32 Å². The molecule has 1 N–H and O–H groups in total. The number of nitrogens with zero attached hydrogens (tertiary/aromatic N) is 1. The van der Waals surface area contributed by atoms with Gasteiger partial charge < -0.3 is 19.5 Å². The van der Waals surface area contributed by atoms with E-state index >= 15 is 0 Å². The van der Waals surface area contributed by atoms with E-state index in [1.54, 1.807) is 60.6 Å². The van der Waals surface area contributed by atoms with Crippen molar-refractivity contribution in [2.24, 2.45) is 0 Å². The molecule has 34 heavy (non-hydrogen) atoms. The highest BCUT2D eigenvalue weighted by atomic mass is 35.5. The molecule has 0 aromatic heterocycles. The van der Waals surface area contributed by atoms with E-state index in [1.165, 1.54) is 11.8 Å². The maximum atomic E-state index is 12.7. The highest BCUT2D eigenvalue weighted by molar-refractivity contribution is 8.26. The van der Waals surface area contributed by atoms with Crippen molar-refractivity contribution in [3.63, 3.8) is 0 Å². The fourth-order valence-corrected chi connectivity index (χ4v) is 4.52. The third-order valence-corrected chi connectivity index (χ3v) is 6.29. The lowest BCUT2D eigenvalue weighted by molar-refractivity contribution is -0.122. The van der Waals surface area contributed by atoms with Gasteiger partial charge in [0.05, 0.1) is 11.5 Å². The van der Waals surface area contributed by atoms with Crippen molar-refractivity contribution in [3.05, 3.63) is 58.0 Å². The summed E-state index contributed by atoms with van der Waals surface area (Å²) < 4.78 is 17.0. The molecule has 2 aromatic rings. The number of methoxy groups -OCH3 is 1. The van der Waals surface area contributed by atoms with Crippen LogP contribution in [0.1, 0.15) is 18.9 Å². The van der Waals surface area contributed by atoms with Crippen molar-refractivity contribution in [2.45, 2.75) is 13.3 Å². The highest BCUT2D eigenvalue weighted by Crippen LogP contribution is 2.35. The first-order chi connectivity index (χ1) is 16.4. The minimum Gasteiger partial charge on any atom is -0.490 e. The Labute approximate surface area is 213 Å². The van der Waals surface area contributed by atoms with E-state index in [0.717, 1.165) is 5.56 Å². The summed E-state index contributed by atoms with van der Waals surface area (Å²) in [6.45, 7) is 3.16. The van der Waals surface area contributed by atoms with Crippen molar-refractivity contribution in [3.8, 4) is 11.5 Å². The molecule has 0 atom stereocenters. The normalized spacial score (nSPS) is 14.6. The molecule has 0 saturated carbocycles. The number of hydrogen-bond acceptors (Lipinski definition) is 7. The Morgan fingerprint density at radius 3 is 2.65 bits per heavy atom. The predicted octanol–water partition coefficient (Wildman–Crippen LogP) is 4.99. The number of thioether (sulfide) groups is 1. The van der Waals surface area contributed by atoms with E-state index < -0.39 is 0 Å². The molecular formula is C24H25ClN2O5S2. The van der Waals surface area contributed by atoms with Crippen molar-refractivity contribution < 1.29 is 23.8 Å². The van der Waals surface area contributed by atoms with Crippen LogP contribution < -0.4 is 14.8 Å². The molecule has 180 valence electrons. The Bertz CT molecular complexity index is 1080. The summed E-state index contributed by atoms with van der Waals surface area (Å²) in [6.07, 6.45) is 2.48. The lowest BCUT2D eigenvalue weighted by Crippen LogP contribution is -2.29. The number of anilines is 1. The molecule has 10 heteroatoms. The number of hydrogen-bond donors (Lipinski definition) is 1.